The second-order valence-corrected chi connectivity index (χ2v) is 16.4. The molecule has 342 valence electrons. The zero-order valence-electron chi connectivity index (χ0n) is 36.5. The number of hydrogen-bond acceptors (Lipinski definition) is 10. The number of rotatable bonds is 19. The van der Waals surface area contributed by atoms with Gasteiger partial charge in [0.25, 0.3) is 11.8 Å². The lowest BCUT2D eigenvalue weighted by Crippen LogP contribution is -2.54. The van der Waals surface area contributed by atoms with Gasteiger partial charge in [-0.05, 0) is 70.2 Å². The number of anilines is 1. The van der Waals surface area contributed by atoms with Crippen molar-refractivity contribution in [2.24, 2.45) is 15.4 Å². The molecule has 14 nitrogen and oxygen atoms in total. The molecule has 1 saturated heterocycles. The maximum absolute atomic E-state index is 15.1. The number of nitrogens with zero attached hydrogens (tertiary/aromatic N) is 4. The van der Waals surface area contributed by atoms with Crippen LogP contribution in [-0.4, -0.2) is 98.3 Å². The lowest BCUT2D eigenvalue weighted by atomic mass is 10.0. The maximum atomic E-state index is 15.1. The van der Waals surface area contributed by atoms with Gasteiger partial charge in [-0.1, -0.05) is 31.0 Å². The number of benzene rings is 3. The highest BCUT2D eigenvalue weighted by molar-refractivity contribution is 6.25. The Labute approximate surface area is 368 Å². The van der Waals surface area contributed by atoms with Crippen LogP contribution in [0.4, 0.5) is 28.9 Å². The number of halogens is 4. The summed E-state index contributed by atoms with van der Waals surface area (Å²) in [4.78, 5) is 75.2. The Hall–Kier alpha value is -6.33. The second kappa shape index (κ2) is 20.0. The monoisotopic (exact) mass is 891 g/mol. The molecule has 0 bridgehead atoms. The predicted molar refractivity (Wildman–Crippen MR) is 232 cm³/mol. The number of amidine groups is 1. The third-order valence-corrected chi connectivity index (χ3v) is 11.8. The van der Waals surface area contributed by atoms with Crippen LogP contribution < -0.4 is 25.4 Å². The Morgan fingerprint density at radius 3 is 2.45 bits per heavy atom. The lowest BCUT2D eigenvalue weighted by molar-refractivity contribution is -0.140. The molecule has 2 atom stereocenters. The Kier molecular flexibility index (Phi) is 14.7. The molecule has 1 aliphatic carbocycles. The molecule has 3 N–H and O–H groups in total. The minimum atomic E-state index is -4.86. The molecular formula is C46H53F4N7O7. The smallest absolute Gasteiger partial charge is 0.419 e. The molecule has 3 aromatic carbocycles. The molecule has 0 spiro atoms. The van der Waals surface area contributed by atoms with Crippen molar-refractivity contribution in [3.05, 3.63) is 82.2 Å². The molecule has 2 aliphatic heterocycles. The third kappa shape index (κ3) is 10.5. The molecule has 0 aromatic heterocycles. The van der Waals surface area contributed by atoms with Crippen molar-refractivity contribution >= 4 is 53.0 Å². The molecule has 2 fully saturated rings. The molecule has 64 heavy (non-hydrogen) atoms. The summed E-state index contributed by atoms with van der Waals surface area (Å²) >= 11 is 0. The van der Waals surface area contributed by atoms with E-state index >= 15 is 4.39 Å². The summed E-state index contributed by atoms with van der Waals surface area (Å²) in [7, 11) is 4.76. The van der Waals surface area contributed by atoms with E-state index in [1.54, 1.807) is 55.4 Å². The van der Waals surface area contributed by atoms with Gasteiger partial charge in [-0.25, -0.2) is 4.39 Å². The Balaban J connectivity index is 0.981. The van der Waals surface area contributed by atoms with Crippen LogP contribution in [0.25, 0.3) is 0 Å². The summed E-state index contributed by atoms with van der Waals surface area (Å²) in [5.74, 6) is -2.58. The summed E-state index contributed by atoms with van der Waals surface area (Å²) in [6, 6.07) is 9.48. The summed E-state index contributed by atoms with van der Waals surface area (Å²) in [6.07, 6.45) is 1.93. The molecule has 5 amide bonds. The van der Waals surface area contributed by atoms with Crippen molar-refractivity contribution in [1.29, 1.82) is 0 Å². The average Bonchev–Trinajstić information content (AvgIpc) is 3.98. The van der Waals surface area contributed by atoms with Gasteiger partial charge < -0.3 is 25.0 Å². The number of methoxy groups -OCH3 is 1. The van der Waals surface area contributed by atoms with Crippen molar-refractivity contribution in [3.8, 4) is 11.5 Å². The average molecular weight is 892 g/mol. The van der Waals surface area contributed by atoms with Gasteiger partial charge in [0, 0.05) is 74.5 Å². The van der Waals surface area contributed by atoms with Gasteiger partial charge in [0.15, 0.2) is 11.5 Å². The summed E-state index contributed by atoms with van der Waals surface area (Å²) in [5, 5.41) is 8.51. The number of aliphatic imine (C=N–C) groups is 2. The fourth-order valence-corrected chi connectivity index (χ4v) is 8.08. The van der Waals surface area contributed by atoms with Gasteiger partial charge >= 0.3 is 6.18 Å². The number of carbonyl (C=O) groups excluding carboxylic acids is 5. The topological polar surface area (TPSA) is 171 Å². The number of hydrogen-bond donors (Lipinski definition) is 3. The molecule has 3 aromatic rings. The molecule has 6 rings (SSSR count). The van der Waals surface area contributed by atoms with Gasteiger partial charge in [-0.2, -0.15) is 13.2 Å². The number of nitrogens with one attached hydrogen (secondary N) is 3. The van der Waals surface area contributed by atoms with E-state index in [0.717, 1.165) is 43.1 Å². The fraction of sp³-hybridized carbons (Fsp3) is 0.457. The van der Waals surface area contributed by atoms with Crippen molar-refractivity contribution < 1.29 is 51.0 Å². The van der Waals surface area contributed by atoms with Crippen molar-refractivity contribution in [3.63, 3.8) is 0 Å². The number of carbonyl (C=O) groups is 5. The van der Waals surface area contributed by atoms with Gasteiger partial charge in [-0.3, -0.25) is 44.2 Å². The molecule has 1 unspecified atom stereocenters. The van der Waals surface area contributed by atoms with Gasteiger partial charge in [0.05, 0.1) is 42.1 Å². The van der Waals surface area contributed by atoms with E-state index < -0.39 is 53.3 Å². The zero-order valence-corrected chi connectivity index (χ0v) is 36.5. The highest BCUT2D eigenvalue weighted by atomic mass is 19.4. The van der Waals surface area contributed by atoms with Crippen molar-refractivity contribution in [1.82, 2.24) is 20.4 Å². The number of alkyl halides is 3. The Morgan fingerprint density at radius 1 is 1.05 bits per heavy atom. The van der Waals surface area contributed by atoms with Crippen LogP contribution >= 0.6 is 0 Å². The van der Waals surface area contributed by atoms with E-state index in [1.807, 2.05) is 0 Å². The second-order valence-electron chi connectivity index (χ2n) is 16.4. The SMILES string of the molecule is CC=Nc1cc(OC)c(OCC2(CN(C)C(=O)CCCCCCNc3cccc4c3C(=O)N(C3CCC(=O)NC3=O)C4=O)CC2)cc1C(=NC)N[C@H](C)c1cccc(C(F)(F)F)c1F. The highest BCUT2D eigenvalue weighted by Crippen LogP contribution is 2.47. The van der Waals surface area contributed by atoms with E-state index in [-0.39, 0.29) is 53.3 Å². The maximum Gasteiger partial charge on any atom is 0.419 e. The van der Waals surface area contributed by atoms with Crippen LogP contribution in [0.1, 0.15) is 115 Å². The number of amides is 5. The minimum absolute atomic E-state index is 0.0100. The molecule has 18 heteroatoms. The predicted octanol–water partition coefficient (Wildman–Crippen LogP) is 7.38. The van der Waals surface area contributed by atoms with Crippen molar-refractivity contribution in [2.75, 3.05) is 46.2 Å². The normalized spacial score (nSPS) is 17.6. The van der Waals surface area contributed by atoms with E-state index in [0.29, 0.717) is 60.4 Å². The standard InChI is InChI=1S/C46H53F4N7O7/c1-6-52-33-24-35(63-5)36(23-30(33)41(51-3)54-27(2)28-13-11-15-31(40(28)47)46(48,49)50)64-26-45(20-21-45)25-56(4)38(59)17-9-7-8-10-22-53-32-16-12-14-29-39(32)44(62)57(43(29)61)34-18-19-37(58)55-42(34)60/h6,11-16,23-24,27,34,53H,7-10,17-22,25-26H2,1-5H3,(H,51,54)(H,55,58,60)/t27-,34?/m1/s1. The van der Waals surface area contributed by atoms with Crippen LogP contribution in [0.15, 0.2) is 58.5 Å². The molecule has 0 radical (unpaired) electrons. The molecule has 3 aliphatic rings. The summed E-state index contributed by atoms with van der Waals surface area (Å²) < 4.78 is 67.5. The van der Waals surface area contributed by atoms with E-state index in [2.05, 4.69) is 25.9 Å². The first-order valence-corrected chi connectivity index (χ1v) is 21.3. The van der Waals surface area contributed by atoms with Crippen LogP contribution in [0.2, 0.25) is 0 Å². The van der Waals surface area contributed by atoms with Crippen LogP contribution in [0.3, 0.4) is 0 Å². The minimum Gasteiger partial charge on any atom is -0.493 e. The van der Waals surface area contributed by atoms with Gasteiger partial charge in [0.2, 0.25) is 17.7 Å². The molecule has 2 heterocycles. The first-order valence-electron chi connectivity index (χ1n) is 21.3. The number of unbranched alkanes of at least 4 members (excludes halogenated alkanes) is 3. The molecular weight excluding hydrogens is 839 g/mol. The Morgan fingerprint density at radius 2 is 1.78 bits per heavy atom. The van der Waals surface area contributed by atoms with E-state index in [9.17, 15) is 37.1 Å². The quantitative estimate of drug-likeness (QED) is 0.0365. The fourth-order valence-electron chi connectivity index (χ4n) is 8.08. The third-order valence-electron chi connectivity index (χ3n) is 11.8. The lowest BCUT2D eigenvalue weighted by Gasteiger charge is -2.27. The first kappa shape index (κ1) is 47.2. The van der Waals surface area contributed by atoms with Crippen LogP contribution in [-0.2, 0) is 20.6 Å². The number of fused-ring (bicyclic) bond motifs is 1. The number of piperidine rings is 1. The highest BCUT2D eigenvalue weighted by Gasteiger charge is 2.47. The number of ether oxygens (including phenoxy) is 2. The Bertz CT molecular complexity index is 2350. The van der Waals surface area contributed by atoms with Gasteiger partial charge in [0.1, 0.15) is 17.7 Å². The largest absolute Gasteiger partial charge is 0.493 e. The molecule has 1 saturated carbocycles. The van der Waals surface area contributed by atoms with Crippen LogP contribution in [0.5, 0.6) is 11.5 Å². The summed E-state index contributed by atoms with van der Waals surface area (Å²) in [6.45, 7) is 4.54. The van der Waals surface area contributed by atoms with Gasteiger partial charge in [-0.15, -0.1) is 0 Å². The number of imide groups is 2. The van der Waals surface area contributed by atoms with Crippen LogP contribution in [0, 0.1) is 11.2 Å². The van der Waals surface area contributed by atoms with E-state index in [4.69, 9.17) is 9.47 Å². The first-order chi connectivity index (χ1) is 30.5. The van der Waals surface area contributed by atoms with E-state index in [1.165, 1.54) is 27.1 Å². The summed E-state index contributed by atoms with van der Waals surface area (Å²) in [5.41, 5.74) is -0.000577. The zero-order chi connectivity index (χ0) is 46.3. The van der Waals surface area contributed by atoms with Crippen molar-refractivity contribution in [2.45, 2.75) is 89.9 Å².